The number of piperidine rings is 2. The van der Waals surface area contributed by atoms with Gasteiger partial charge in [-0.25, -0.2) is 0 Å². The third-order valence-electron chi connectivity index (χ3n) is 8.79. The first-order chi connectivity index (χ1) is 21.0. The predicted molar refractivity (Wildman–Crippen MR) is 153 cm³/mol. The van der Waals surface area contributed by atoms with Crippen LogP contribution in [-0.2, 0) is 33.3 Å². The number of likely N-dealkylation sites (tertiary alicyclic amines) is 2. The third kappa shape index (κ3) is 7.98. The van der Waals surface area contributed by atoms with Crippen LogP contribution in [0.15, 0.2) is 42.5 Å². The molecule has 0 aliphatic carbocycles. The van der Waals surface area contributed by atoms with Crippen molar-refractivity contribution in [3.05, 3.63) is 70.3 Å². The molecule has 0 spiro atoms. The molecule has 3 unspecified atom stereocenters. The van der Waals surface area contributed by atoms with Crippen LogP contribution < -0.4 is 0 Å². The fourth-order valence-corrected chi connectivity index (χ4v) is 6.38. The molecule has 45 heavy (non-hydrogen) atoms. The third-order valence-corrected chi connectivity index (χ3v) is 8.79. The molecule has 3 atom stereocenters. The van der Waals surface area contributed by atoms with E-state index in [4.69, 9.17) is 0 Å². The average Bonchev–Trinajstić information content (AvgIpc) is 2.99. The van der Waals surface area contributed by atoms with Gasteiger partial charge in [0.2, 0.25) is 11.8 Å². The van der Waals surface area contributed by atoms with Crippen LogP contribution in [0, 0.1) is 18.8 Å². The van der Waals surface area contributed by atoms with E-state index in [-0.39, 0.29) is 48.9 Å². The molecule has 246 valence electrons. The van der Waals surface area contributed by atoms with Crippen LogP contribution in [0.5, 0.6) is 0 Å². The Balaban J connectivity index is 1.53. The minimum Gasteiger partial charge on any atom is -0.384 e. The van der Waals surface area contributed by atoms with Crippen LogP contribution in [0.1, 0.15) is 59.9 Å². The highest BCUT2D eigenvalue weighted by molar-refractivity contribution is 5.83. The van der Waals surface area contributed by atoms with E-state index in [9.17, 15) is 45.8 Å². The second kappa shape index (κ2) is 13.4. The number of halogens is 6. The normalized spacial score (nSPS) is 20.6. The number of amides is 3. The van der Waals surface area contributed by atoms with Crippen LogP contribution in [0.2, 0.25) is 0 Å². The number of alkyl halides is 6. The maximum Gasteiger partial charge on any atom is 0.416 e. The van der Waals surface area contributed by atoms with Gasteiger partial charge >= 0.3 is 12.4 Å². The van der Waals surface area contributed by atoms with Crippen molar-refractivity contribution in [3.63, 3.8) is 0 Å². The Morgan fingerprint density at radius 1 is 0.911 bits per heavy atom. The number of aliphatic hydroxyl groups is 1. The summed E-state index contributed by atoms with van der Waals surface area (Å²) in [6.07, 6.45) is -10.0. The summed E-state index contributed by atoms with van der Waals surface area (Å²) in [6.45, 7) is 3.95. The first-order valence-electron chi connectivity index (χ1n) is 14.8. The second-order valence-electron chi connectivity index (χ2n) is 12.0. The Morgan fingerprint density at radius 3 is 2.00 bits per heavy atom. The van der Waals surface area contributed by atoms with E-state index in [1.807, 2.05) is 31.2 Å². The zero-order valence-electron chi connectivity index (χ0n) is 25.3. The zero-order valence-corrected chi connectivity index (χ0v) is 25.3. The molecule has 2 fully saturated rings. The van der Waals surface area contributed by atoms with E-state index in [2.05, 4.69) is 0 Å². The Morgan fingerprint density at radius 2 is 1.47 bits per heavy atom. The van der Waals surface area contributed by atoms with Crippen molar-refractivity contribution in [2.75, 3.05) is 33.2 Å². The van der Waals surface area contributed by atoms with Gasteiger partial charge in [0.15, 0.2) is 0 Å². The van der Waals surface area contributed by atoms with Crippen molar-refractivity contribution in [2.24, 2.45) is 11.8 Å². The number of aliphatic hydroxyl groups excluding tert-OH is 1. The molecule has 2 aliphatic rings. The number of nitrogens with zero attached hydrogens (tertiary/aromatic N) is 3. The van der Waals surface area contributed by atoms with E-state index in [0.29, 0.717) is 38.1 Å². The quantitative estimate of drug-likeness (QED) is 0.438. The van der Waals surface area contributed by atoms with Gasteiger partial charge in [-0.3, -0.25) is 14.4 Å². The predicted octanol–water partition coefficient (Wildman–Crippen LogP) is 5.24. The summed E-state index contributed by atoms with van der Waals surface area (Å²) in [5.74, 6) is -2.38. The number of hydrogen-bond acceptors (Lipinski definition) is 4. The monoisotopic (exact) mass is 641 g/mol. The van der Waals surface area contributed by atoms with Crippen LogP contribution in [0.25, 0.3) is 0 Å². The molecule has 0 saturated carbocycles. The van der Waals surface area contributed by atoms with E-state index < -0.39 is 53.9 Å². The summed E-state index contributed by atoms with van der Waals surface area (Å²) in [7, 11) is 1.35. The van der Waals surface area contributed by atoms with Crippen molar-refractivity contribution in [2.45, 2.75) is 64.0 Å². The van der Waals surface area contributed by atoms with Gasteiger partial charge in [-0.1, -0.05) is 24.3 Å². The van der Waals surface area contributed by atoms with Gasteiger partial charge in [0, 0.05) is 57.5 Å². The van der Waals surface area contributed by atoms with Crippen molar-refractivity contribution < 1.29 is 45.8 Å². The van der Waals surface area contributed by atoms with Crippen molar-refractivity contribution >= 4 is 17.7 Å². The molecule has 13 heteroatoms. The lowest BCUT2D eigenvalue weighted by molar-refractivity contribution is -0.147. The van der Waals surface area contributed by atoms with Crippen LogP contribution in [0.3, 0.4) is 0 Å². The van der Waals surface area contributed by atoms with Gasteiger partial charge in [0.1, 0.15) is 6.10 Å². The number of carbonyl (C=O) groups excluding carboxylic acids is 3. The molecule has 4 rings (SSSR count). The molecule has 3 amide bonds. The number of aryl methyl sites for hydroxylation is 1. The van der Waals surface area contributed by atoms with Crippen molar-refractivity contribution in [3.8, 4) is 0 Å². The van der Waals surface area contributed by atoms with Gasteiger partial charge in [0.05, 0.1) is 11.1 Å². The van der Waals surface area contributed by atoms with Gasteiger partial charge < -0.3 is 19.8 Å². The van der Waals surface area contributed by atoms with Gasteiger partial charge in [-0.05, 0) is 68.0 Å². The molecule has 1 N–H and O–H groups in total. The highest BCUT2D eigenvalue weighted by atomic mass is 19.4. The highest BCUT2D eigenvalue weighted by Gasteiger charge is 2.41. The van der Waals surface area contributed by atoms with Gasteiger partial charge in [-0.15, -0.1) is 0 Å². The Bertz CT molecular complexity index is 1370. The lowest BCUT2D eigenvalue weighted by Crippen LogP contribution is -2.51. The summed E-state index contributed by atoms with van der Waals surface area (Å²) in [6, 6.07) is 8.68. The first-order valence-corrected chi connectivity index (χ1v) is 14.8. The molecule has 0 aromatic heterocycles. The molecular formula is C32H37F6N3O4. The lowest BCUT2D eigenvalue weighted by atomic mass is 9.77. The Hall–Kier alpha value is -3.61. The molecule has 2 saturated heterocycles. The molecule has 7 nitrogen and oxygen atoms in total. The fraction of sp³-hybridized carbons (Fsp3) is 0.531. The Kier molecular flexibility index (Phi) is 10.2. The smallest absolute Gasteiger partial charge is 0.384 e. The minimum atomic E-state index is -5.00. The molecule has 2 aromatic carbocycles. The van der Waals surface area contributed by atoms with E-state index in [1.54, 1.807) is 4.90 Å². The molecule has 0 radical (unpaired) electrons. The summed E-state index contributed by atoms with van der Waals surface area (Å²) in [5, 5.41) is 9.60. The summed E-state index contributed by atoms with van der Waals surface area (Å²) in [5.41, 5.74) is -1.47. The SMILES string of the molecule is Cc1ccccc1C1CN(C(=O)C2CCN(C(=O)C(C)O)CC2)CCC1C(=O)N(C)Cc1cc(C(F)(F)F)cc(C(F)(F)F)c1. The topological polar surface area (TPSA) is 81.2 Å². The number of carbonyl (C=O) groups is 3. The van der Waals surface area contributed by atoms with Gasteiger partial charge in [0.25, 0.3) is 5.91 Å². The summed E-state index contributed by atoms with van der Waals surface area (Å²) in [4.78, 5) is 43.9. The standard InChI is InChI=1S/C32H37F6N3O4/c1-19-6-4-5-7-25(19)27-18-41(29(44)22-8-11-40(12-9-22)28(43)20(2)42)13-10-26(27)30(45)39(3)17-21-14-23(31(33,34)35)16-24(15-21)32(36,37)38/h4-7,14-16,20,22,26-27,42H,8-13,17-18H2,1-3H3. The summed E-state index contributed by atoms with van der Waals surface area (Å²) >= 11 is 0. The van der Waals surface area contributed by atoms with Crippen LogP contribution >= 0.6 is 0 Å². The fourth-order valence-electron chi connectivity index (χ4n) is 6.38. The molecule has 2 heterocycles. The average molecular weight is 642 g/mol. The maximum absolute atomic E-state index is 13.8. The molecule has 0 bridgehead atoms. The lowest BCUT2D eigenvalue weighted by Gasteiger charge is -2.42. The molecule has 2 aromatic rings. The number of rotatable bonds is 6. The van der Waals surface area contributed by atoms with Crippen molar-refractivity contribution in [1.29, 1.82) is 0 Å². The van der Waals surface area contributed by atoms with Crippen molar-refractivity contribution in [1.82, 2.24) is 14.7 Å². The molecular weight excluding hydrogens is 604 g/mol. The zero-order chi connectivity index (χ0) is 33.3. The number of hydrogen-bond donors (Lipinski definition) is 1. The van der Waals surface area contributed by atoms with Crippen LogP contribution in [0.4, 0.5) is 26.3 Å². The van der Waals surface area contributed by atoms with Crippen LogP contribution in [-0.4, -0.2) is 76.9 Å². The second-order valence-corrected chi connectivity index (χ2v) is 12.0. The maximum atomic E-state index is 13.8. The molecule has 2 aliphatic heterocycles. The first kappa shape index (κ1) is 34.3. The van der Waals surface area contributed by atoms with E-state index in [0.717, 1.165) is 16.0 Å². The van der Waals surface area contributed by atoms with Gasteiger partial charge in [-0.2, -0.15) is 26.3 Å². The largest absolute Gasteiger partial charge is 0.416 e. The minimum absolute atomic E-state index is 0.0567. The summed E-state index contributed by atoms with van der Waals surface area (Å²) < 4.78 is 80.5. The van der Waals surface area contributed by atoms with E-state index >= 15 is 0 Å². The highest BCUT2D eigenvalue weighted by Crippen LogP contribution is 2.39. The Labute approximate surface area is 257 Å². The van der Waals surface area contributed by atoms with E-state index in [1.165, 1.54) is 18.9 Å². The number of benzene rings is 2.